The van der Waals surface area contributed by atoms with E-state index < -0.39 is 0 Å². The van der Waals surface area contributed by atoms with E-state index in [4.69, 9.17) is 4.74 Å². The van der Waals surface area contributed by atoms with Crippen molar-refractivity contribution in [1.82, 2.24) is 14.7 Å². The van der Waals surface area contributed by atoms with E-state index in [2.05, 4.69) is 22.1 Å². The summed E-state index contributed by atoms with van der Waals surface area (Å²) in [5, 5.41) is 4.49. The second-order valence-electron chi connectivity index (χ2n) is 6.32. The largest absolute Gasteiger partial charge is 0.478 e. The highest BCUT2D eigenvalue weighted by molar-refractivity contribution is 5.94. The monoisotopic (exact) mass is 326 g/mol. The summed E-state index contributed by atoms with van der Waals surface area (Å²) in [4.78, 5) is 17.1. The number of aryl methyl sites for hydroxylation is 1. The first kappa shape index (κ1) is 15.1. The number of anilines is 1. The fraction of sp³-hybridized carbons (Fsp3) is 0.444. The Balaban J connectivity index is 1.46. The van der Waals surface area contributed by atoms with Gasteiger partial charge in [-0.3, -0.25) is 4.79 Å². The molecular weight excluding hydrogens is 304 g/mol. The zero-order valence-electron chi connectivity index (χ0n) is 13.9. The lowest BCUT2D eigenvalue weighted by Gasteiger charge is -2.35. The van der Waals surface area contributed by atoms with E-state index in [9.17, 15) is 4.79 Å². The Bertz CT molecular complexity index is 733. The first-order valence-electron chi connectivity index (χ1n) is 8.53. The predicted molar refractivity (Wildman–Crippen MR) is 91.6 cm³/mol. The highest BCUT2D eigenvalue weighted by atomic mass is 16.5. The molecule has 0 saturated carbocycles. The SMILES string of the molecule is Cc1c(C(=O)N2CCN(c3ccccc3)CC2)nn2c1OCCC2. The van der Waals surface area contributed by atoms with Crippen LogP contribution in [0.1, 0.15) is 22.5 Å². The molecule has 1 saturated heterocycles. The average Bonchev–Trinajstić information content (AvgIpc) is 2.99. The number of hydrogen-bond donors (Lipinski definition) is 0. The van der Waals surface area contributed by atoms with E-state index in [0.717, 1.165) is 50.6 Å². The van der Waals surface area contributed by atoms with Gasteiger partial charge in [0.15, 0.2) is 5.69 Å². The highest BCUT2D eigenvalue weighted by Gasteiger charge is 2.28. The van der Waals surface area contributed by atoms with E-state index in [-0.39, 0.29) is 5.91 Å². The Morgan fingerprint density at radius 3 is 2.54 bits per heavy atom. The van der Waals surface area contributed by atoms with Crippen LogP contribution in [0.3, 0.4) is 0 Å². The number of fused-ring (bicyclic) bond motifs is 1. The van der Waals surface area contributed by atoms with Crippen LogP contribution in [0.25, 0.3) is 0 Å². The Morgan fingerprint density at radius 1 is 1.08 bits per heavy atom. The van der Waals surface area contributed by atoms with Crippen molar-refractivity contribution < 1.29 is 9.53 Å². The third-order valence-electron chi connectivity index (χ3n) is 4.77. The highest BCUT2D eigenvalue weighted by Crippen LogP contribution is 2.26. The molecule has 2 aliphatic rings. The number of hydrogen-bond acceptors (Lipinski definition) is 4. The van der Waals surface area contributed by atoms with Crippen molar-refractivity contribution in [2.45, 2.75) is 19.9 Å². The van der Waals surface area contributed by atoms with Gasteiger partial charge in [0, 0.05) is 50.4 Å². The normalized spacial score (nSPS) is 17.4. The van der Waals surface area contributed by atoms with Crippen LogP contribution in [0.5, 0.6) is 5.88 Å². The van der Waals surface area contributed by atoms with Gasteiger partial charge in [-0.15, -0.1) is 0 Å². The third kappa shape index (κ3) is 2.62. The molecule has 0 unspecified atom stereocenters. The first-order chi connectivity index (χ1) is 11.7. The molecule has 1 fully saturated rings. The maximum Gasteiger partial charge on any atom is 0.274 e. The maximum absolute atomic E-state index is 12.9. The number of ether oxygens (including phenoxy) is 1. The minimum absolute atomic E-state index is 0.0192. The summed E-state index contributed by atoms with van der Waals surface area (Å²) in [6.45, 7) is 6.59. The van der Waals surface area contributed by atoms with Gasteiger partial charge in [-0.05, 0) is 19.1 Å². The number of piperazine rings is 1. The molecule has 1 aromatic carbocycles. The molecule has 2 aromatic rings. The molecule has 0 spiro atoms. The zero-order valence-corrected chi connectivity index (χ0v) is 13.9. The van der Waals surface area contributed by atoms with Crippen molar-refractivity contribution in [2.75, 3.05) is 37.7 Å². The summed E-state index contributed by atoms with van der Waals surface area (Å²) in [5.41, 5.74) is 2.62. The smallest absolute Gasteiger partial charge is 0.274 e. The third-order valence-corrected chi connectivity index (χ3v) is 4.77. The maximum atomic E-state index is 12.9. The Morgan fingerprint density at radius 2 is 1.83 bits per heavy atom. The van der Waals surface area contributed by atoms with Crippen molar-refractivity contribution >= 4 is 11.6 Å². The van der Waals surface area contributed by atoms with Gasteiger partial charge in [0.2, 0.25) is 5.88 Å². The number of carbonyl (C=O) groups is 1. The second kappa shape index (κ2) is 6.19. The lowest BCUT2D eigenvalue weighted by molar-refractivity contribution is 0.0739. The van der Waals surface area contributed by atoms with Gasteiger partial charge in [-0.1, -0.05) is 18.2 Å². The Hall–Kier alpha value is -2.50. The fourth-order valence-electron chi connectivity index (χ4n) is 3.41. The predicted octanol–water partition coefficient (Wildman–Crippen LogP) is 1.94. The average molecular weight is 326 g/mol. The molecule has 1 amide bonds. The van der Waals surface area contributed by atoms with Crippen LogP contribution in [0.15, 0.2) is 30.3 Å². The summed E-state index contributed by atoms with van der Waals surface area (Å²) < 4.78 is 7.49. The number of nitrogens with zero attached hydrogens (tertiary/aromatic N) is 4. The molecule has 0 radical (unpaired) electrons. The van der Waals surface area contributed by atoms with Crippen molar-refractivity contribution in [3.8, 4) is 5.88 Å². The molecule has 4 rings (SSSR count). The number of amides is 1. The van der Waals surface area contributed by atoms with Crippen LogP contribution >= 0.6 is 0 Å². The second-order valence-corrected chi connectivity index (χ2v) is 6.32. The molecule has 24 heavy (non-hydrogen) atoms. The minimum atomic E-state index is 0.0192. The molecule has 1 aromatic heterocycles. The van der Waals surface area contributed by atoms with Gasteiger partial charge in [0.25, 0.3) is 5.91 Å². The Kier molecular flexibility index (Phi) is 3.88. The van der Waals surface area contributed by atoms with Crippen LogP contribution in [0.4, 0.5) is 5.69 Å². The molecule has 126 valence electrons. The molecule has 6 heteroatoms. The van der Waals surface area contributed by atoms with Gasteiger partial charge < -0.3 is 14.5 Å². The van der Waals surface area contributed by atoms with Gasteiger partial charge in [0.05, 0.1) is 6.61 Å². The molecule has 3 heterocycles. The zero-order chi connectivity index (χ0) is 16.5. The molecular formula is C18H22N4O2. The van der Waals surface area contributed by atoms with Crippen LogP contribution in [-0.4, -0.2) is 53.4 Å². The summed E-state index contributed by atoms with van der Waals surface area (Å²) in [6, 6.07) is 10.3. The molecule has 0 N–H and O–H groups in total. The molecule has 0 aliphatic carbocycles. The number of rotatable bonds is 2. The molecule has 2 aliphatic heterocycles. The van der Waals surface area contributed by atoms with Crippen LogP contribution in [0, 0.1) is 6.92 Å². The van der Waals surface area contributed by atoms with Gasteiger partial charge in [-0.2, -0.15) is 5.10 Å². The van der Waals surface area contributed by atoms with E-state index in [1.54, 1.807) is 0 Å². The lowest BCUT2D eigenvalue weighted by Crippen LogP contribution is -2.49. The van der Waals surface area contributed by atoms with Crippen LogP contribution in [-0.2, 0) is 6.54 Å². The summed E-state index contributed by atoms with van der Waals surface area (Å²) in [6.07, 6.45) is 0.942. The fourth-order valence-corrected chi connectivity index (χ4v) is 3.41. The number of carbonyl (C=O) groups excluding carboxylic acids is 1. The van der Waals surface area contributed by atoms with Crippen LogP contribution in [0.2, 0.25) is 0 Å². The summed E-state index contributed by atoms with van der Waals surface area (Å²) >= 11 is 0. The Labute approximate surface area is 141 Å². The van der Waals surface area contributed by atoms with E-state index >= 15 is 0 Å². The van der Waals surface area contributed by atoms with Gasteiger partial charge in [-0.25, -0.2) is 4.68 Å². The van der Waals surface area contributed by atoms with E-state index in [0.29, 0.717) is 12.3 Å². The summed E-state index contributed by atoms with van der Waals surface area (Å²) in [7, 11) is 0. The van der Waals surface area contributed by atoms with Gasteiger partial charge in [0.1, 0.15) is 0 Å². The standard InChI is InChI=1S/C18H22N4O2/c1-14-16(19-22-8-5-13-24-18(14)22)17(23)21-11-9-20(10-12-21)15-6-3-2-4-7-15/h2-4,6-7H,5,8-13H2,1H3. The quantitative estimate of drug-likeness (QED) is 0.846. The van der Waals surface area contributed by atoms with Crippen LogP contribution < -0.4 is 9.64 Å². The molecule has 0 atom stereocenters. The van der Waals surface area contributed by atoms with E-state index in [1.807, 2.05) is 34.7 Å². The number of benzene rings is 1. The van der Waals surface area contributed by atoms with Crippen molar-refractivity contribution in [3.05, 3.63) is 41.6 Å². The molecule has 0 bridgehead atoms. The number of aromatic nitrogens is 2. The minimum Gasteiger partial charge on any atom is -0.478 e. The van der Waals surface area contributed by atoms with Gasteiger partial charge >= 0.3 is 0 Å². The van der Waals surface area contributed by atoms with Crippen molar-refractivity contribution in [3.63, 3.8) is 0 Å². The number of para-hydroxylation sites is 1. The topological polar surface area (TPSA) is 50.6 Å². The van der Waals surface area contributed by atoms with Crippen molar-refractivity contribution in [2.24, 2.45) is 0 Å². The lowest BCUT2D eigenvalue weighted by atomic mass is 10.2. The van der Waals surface area contributed by atoms with E-state index in [1.165, 1.54) is 5.69 Å². The first-order valence-corrected chi connectivity index (χ1v) is 8.53. The summed E-state index contributed by atoms with van der Waals surface area (Å²) in [5.74, 6) is 0.776. The van der Waals surface area contributed by atoms with Crippen molar-refractivity contribution in [1.29, 1.82) is 0 Å². The molecule has 6 nitrogen and oxygen atoms in total.